The quantitative estimate of drug-likeness (QED) is 0.557. The van der Waals surface area contributed by atoms with Crippen molar-refractivity contribution < 1.29 is 14.6 Å². The molecule has 2 aliphatic carbocycles. The molecule has 3 heteroatoms. The van der Waals surface area contributed by atoms with Crippen LogP contribution in [0.4, 0.5) is 0 Å². The number of hydrogen-bond acceptors (Lipinski definition) is 3. The smallest absolute Gasteiger partial charge is 0.309 e. The van der Waals surface area contributed by atoms with Crippen molar-refractivity contribution in [3.05, 3.63) is 24.3 Å². The molecule has 1 aliphatic heterocycles. The number of esters is 1. The molecule has 0 bridgehead atoms. The summed E-state index contributed by atoms with van der Waals surface area (Å²) in [5.74, 6) is 0.201. The summed E-state index contributed by atoms with van der Waals surface area (Å²) in [5.41, 5.74) is -0.575. The highest BCUT2D eigenvalue weighted by atomic mass is 16.6. The van der Waals surface area contributed by atoms with Crippen molar-refractivity contribution in [3.63, 3.8) is 0 Å². The minimum Gasteiger partial charge on any atom is -0.455 e. The molecule has 4 atom stereocenters. The summed E-state index contributed by atoms with van der Waals surface area (Å²) in [6.45, 7) is 6.03. The van der Waals surface area contributed by atoms with E-state index in [2.05, 4.69) is 12.7 Å². The minimum atomic E-state index is -0.983. The van der Waals surface area contributed by atoms with Crippen molar-refractivity contribution >= 4 is 5.97 Å². The molecular weight excluding hydrogens is 216 g/mol. The Bertz CT molecular complexity index is 425. The zero-order chi connectivity index (χ0) is 12.3. The van der Waals surface area contributed by atoms with Crippen molar-refractivity contribution in [3.8, 4) is 0 Å². The molecule has 0 aromatic heterocycles. The maximum absolute atomic E-state index is 11.6. The molecule has 1 N–H and O–H groups in total. The van der Waals surface area contributed by atoms with E-state index in [1.54, 1.807) is 0 Å². The van der Waals surface area contributed by atoms with E-state index < -0.39 is 11.2 Å². The summed E-state index contributed by atoms with van der Waals surface area (Å²) in [6.07, 6.45) is 6.42. The van der Waals surface area contributed by atoms with Crippen LogP contribution in [0.5, 0.6) is 0 Å². The Hall–Kier alpha value is -1.09. The molecule has 3 nitrogen and oxygen atoms in total. The monoisotopic (exact) mass is 234 g/mol. The fourth-order valence-electron chi connectivity index (χ4n) is 3.98. The van der Waals surface area contributed by atoms with E-state index in [4.69, 9.17) is 4.74 Å². The largest absolute Gasteiger partial charge is 0.455 e. The third kappa shape index (κ3) is 1.23. The highest BCUT2D eigenvalue weighted by Gasteiger charge is 2.69. The van der Waals surface area contributed by atoms with Gasteiger partial charge in [0.2, 0.25) is 0 Å². The molecule has 3 aliphatic rings. The average Bonchev–Trinajstić information content (AvgIpc) is 2.61. The van der Waals surface area contributed by atoms with E-state index in [0.29, 0.717) is 12.8 Å². The third-order valence-corrected chi connectivity index (χ3v) is 4.77. The molecule has 17 heavy (non-hydrogen) atoms. The van der Waals surface area contributed by atoms with E-state index in [0.717, 1.165) is 12.0 Å². The number of carbonyl (C=O) groups is 1. The SMILES string of the molecule is C=C(C)C1C[C@]2(O)CC(=O)O[C@@]23CC=CC[C@H]13. The molecule has 0 radical (unpaired) electrons. The lowest BCUT2D eigenvalue weighted by atomic mass is 9.73. The first-order valence-electron chi connectivity index (χ1n) is 6.23. The molecule has 0 amide bonds. The van der Waals surface area contributed by atoms with Crippen LogP contribution >= 0.6 is 0 Å². The summed E-state index contributed by atoms with van der Waals surface area (Å²) in [7, 11) is 0. The molecule has 1 saturated heterocycles. The second-order valence-electron chi connectivity index (χ2n) is 5.75. The van der Waals surface area contributed by atoms with Crippen LogP contribution < -0.4 is 0 Å². The number of ether oxygens (including phenoxy) is 1. The molecule has 1 saturated carbocycles. The zero-order valence-electron chi connectivity index (χ0n) is 10.1. The normalized spacial score (nSPS) is 47.5. The van der Waals surface area contributed by atoms with Gasteiger partial charge in [0.05, 0.1) is 6.42 Å². The van der Waals surface area contributed by atoms with E-state index in [-0.39, 0.29) is 24.2 Å². The van der Waals surface area contributed by atoms with Crippen LogP contribution in [0, 0.1) is 11.8 Å². The second kappa shape index (κ2) is 3.22. The summed E-state index contributed by atoms with van der Waals surface area (Å²) < 4.78 is 5.58. The number of rotatable bonds is 1. The molecular formula is C14H18O3. The third-order valence-electron chi connectivity index (χ3n) is 4.77. The molecule has 1 spiro atoms. The Balaban J connectivity index is 2.08. The molecule has 2 fully saturated rings. The summed E-state index contributed by atoms with van der Waals surface area (Å²) in [6, 6.07) is 0. The molecule has 3 rings (SSSR count). The zero-order valence-corrected chi connectivity index (χ0v) is 10.1. The van der Waals surface area contributed by atoms with Crippen LogP contribution in [0.25, 0.3) is 0 Å². The second-order valence-corrected chi connectivity index (χ2v) is 5.75. The summed E-state index contributed by atoms with van der Waals surface area (Å²) in [5, 5.41) is 10.8. The van der Waals surface area contributed by atoms with E-state index >= 15 is 0 Å². The predicted molar refractivity (Wildman–Crippen MR) is 63.2 cm³/mol. The van der Waals surface area contributed by atoms with Crippen molar-refractivity contribution in [2.45, 2.75) is 43.8 Å². The van der Waals surface area contributed by atoms with Crippen LogP contribution in [-0.4, -0.2) is 22.3 Å². The first kappa shape index (κ1) is 11.0. The first-order valence-corrected chi connectivity index (χ1v) is 6.23. The van der Waals surface area contributed by atoms with Crippen LogP contribution in [-0.2, 0) is 9.53 Å². The van der Waals surface area contributed by atoms with Crippen molar-refractivity contribution in [2.75, 3.05) is 0 Å². The highest BCUT2D eigenvalue weighted by molar-refractivity contribution is 5.75. The number of hydrogen-bond donors (Lipinski definition) is 1. The van der Waals surface area contributed by atoms with Gasteiger partial charge >= 0.3 is 5.97 Å². The van der Waals surface area contributed by atoms with E-state index in [1.165, 1.54) is 0 Å². The average molecular weight is 234 g/mol. The minimum absolute atomic E-state index is 0.140. The van der Waals surface area contributed by atoms with Gasteiger partial charge < -0.3 is 9.84 Å². The Labute approximate surface area is 101 Å². The van der Waals surface area contributed by atoms with Gasteiger partial charge in [0.15, 0.2) is 0 Å². The predicted octanol–water partition coefficient (Wildman–Crippen LogP) is 1.97. The maximum atomic E-state index is 11.6. The molecule has 1 heterocycles. The van der Waals surface area contributed by atoms with Crippen molar-refractivity contribution in [1.29, 1.82) is 0 Å². The highest BCUT2D eigenvalue weighted by Crippen LogP contribution is 2.60. The van der Waals surface area contributed by atoms with Gasteiger partial charge in [-0.05, 0) is 25.7 Å². The summed E-state index contributed by atoms with van der Waals surface area (Å²) in [4.78, 5) is 11.6. The molecule has 0 aromatic rings. The lowest BCUT2D eigenvalue weighted by Crippen LogP contribution is -2.51. The van der Waals surface area contributed by atoms with Crippen LogP contribution in [0.2, 0.25) is 0 Å². The van der Waals surface area contributed by atoms with Gasteiger partial charge in [-0.2, -0.15) is 0 Å². The maximum Gasteiger partial charge on any atom is 0.309 e. The number of allylic oxidation sites excluding steroid dienone is 2. The Morgan fingerprint density at radius 1 is 1.59 bits per heavy atom. The standard InChI is InChI=1S/C14H18O3/c1-9(2)10-7-13(16)8-12(15)17-14(13)6-4-3-5-11(10)14/h3-4,10-11,16H,1,5-8H2,2H3/t10?,11-,13+,14-/m1/s1. The van der Waals surface area contributed by atoms with Crippen LogP contribution in [0.3, 0.4) is 0 Å². The Morgan fingerprint density at radius 3 is 3.06 bits per heavy atom. The van der Waals surface area contributed by atoms with Gasteiger partial charge in [-0.25, -0.2) is 0 Å². The van der Waals surface area contributed by atoms with Gasteiger partial charge in [0.1, 0.15) is 11.2 Å². The van der Waals surface area contributed by atoms with Gasteiger partial charge in [-0.1, -0.05) is 24.3 Å². The fraction of sp³-hybridized carbons (Fsp3) is 0.643. The van der Waals surface area contributed by atoms with Gasteiger partial charge in [-0.15, -0.1) is 0 Å². The van der Waals surface area contributed by atoms with Crippen LogP contribution in [0.1, 0.15) is 32.6 Å². The Kier molecular flexibility index (Phi) is 2.09. The molecule has 0 aromatic carbocycles. The number of carbonyl (C=O) groups excluding carboxylic acids is 1. The van der Waals surface area contributed by atoms with Crippen molar-refractivity contribution in [1.82, 2.24) is 0 Å². The Morgan fingerprint density at radius 2 is 2.35 bits per heavy atom. The van der Waals surface area contributed by atoms with Gasteiger partial charge in [0, 0.05) is 12.3 Å². The topological polar surface area (TPSA) is 46.5 Å². The first-order chi connectivity index (χ1) is 7.98. The fourth-order valence-corrected chi connectivity index (χ4v) is 3.98. The lowest BCUT2D eigenvalue weighted by Gasteiger charge is -2.40. The molecule has 1 unspecified atom stereocenters. The number of aliphatic hydroxyl groups is 1. The van der Waals surface area contributed by atoms with E-state index in [9.17, 15) is 9.90 Å². The van der Waals surface area contributed by atoms with E-state index in [1.807, 2.05) is 13.0 Å². The van der Waals surface area contributed by atoms with Crippen molar-refractivity contribution in [2.24, 2.45) is 11.8 Å². The van der Waals surface area contributed by atoms with Gasteiger partial charge in [0.25, 0.3) is 0 Å². The summed E-state index contributed by atoms with van der Waals surface area (Å²) >= 11 is 0. The van der Waals surface area contributed by atoms with Crippen LogP contribution in [0.15, 0.2) is 24.3 Å². The molecule has 92 valence electrons. The lowest BCUT2D eigenvalue weighted by molar-refractivity contribution is -0.161. The van der Waals surface area contributed by atoms with Gasteiger partial charge in [-0.3, -0.25) is 4.79 Å².